The van der Waals surface area contributed by atoms with E-state index in [1.807, 2.05) is 18.2 Å². The summed E-state index contributed by atoms with van der Waals surface area (Å²) < 4.78 is 0. The van der Waals surface area contributed by atoms with E-state index in [0.29, 0.717) is 12.6 Å². The molecule has 7 heteroatoms. The van der Waals surface area contributed by atoms with E-state index >= 15 is 0 Å². The van der Waals surface area contributed by atoms with Crippen molar-refractivity contribution in [3.63, 3.8) is 0 Å². The number of carbonyl (C=O) groups excluding carboxylic acids is 2. The van der Waals surface area contributed by atoms with Crippen molar-refractivity contribution in [2.24, 2.45) is 11.8 Å². The van der Waals surface area contributed by atoms with Crippen molar-refractivity contribution >= 4 is 11.8 Å². The van der Waals surface area contributed by atoms with E-state index < -0.39 is 0 Å². The van der Waals surface area contributed by atoms with Gasteiger partial charge in [0.25, 0.3) is 0 Å². The maximum Gasteiger partial charge on any atom is 0.242 e. The lowest BCUT2D eigenvalue weighted by Gasteiger charge is -2.51. The summed E-state index contributed by atoms with van der Waals surface area (Å²) in [5, 5.41) is 5.47. The molecule has 180 valence electrons. The largest absolute Gasteiger partial charge is 0.356 e. The first-order valence-electron chi connectivity index (χ1n) is 12.9. The topological polar surface area (TPSA) is 67.9 Å². The molecule has 1 aromatic rings. The number of nitrogens with one attached hydrogen (secondary N) is 2. The lowest BCUT2D eigenvalue weighted by atomic mass is 9.78. The summed E-state index contributed by atoms with van der Waals surface area (Å²) in [7, 11) is 2.19. The van der Waals surface area contributed by atoms with E-state index in [4.69, 9.17) is 0 Å². The van der Waals surface area contributed by atoms with E-state index in [1.54, 1.807) is 0 Å². The Kier molecular flexibility index (Phi) is 6.99. The van der Waals surface area contributed by atoms with Crippen LogP contribution >= 0.6 is 0 Å². The molecule has 3 aliphatic heterocycles. The molecule has 4 aliphatic rings. The van der Waals surface area contributed by atoms with Gasteiger partial charge in [-0.1, -0.05) is 30.3 Å². The SMILES string of the molecule is CN1CCC(CCNC(=O)C2CCC3C(C2)N(Cc2ccccc2)C(=O)C2CCNN23)CC1. The Balaban J connectivity index is 1.22. The quantitative estimate of drug-likeness (QED) is 0.690. The summed E-state index contributed by atoms with van der Waals surface area (Å²) in [5.74, 6) is 1.13. The standard InChI is InChI=1S/C26H39N5O2/c1-29-15-11-19(12-16-29)9-13-27-25(32)21-7-8-22-24(17-21)30(18-20-5-3-2-4-6-20)26(33)23-10-14-28-31(22)23/h2-6,19,21-24,28H,7-18H2,1H3,(H,27,32). The molecule has 4 fully saturated rings. The second-order valence-corrected chi connectivity index (χ2v) is 10.5. The fourth-order valence-electron chi connectivity index (χ4n) is 6.42. The molecule has 0 bridgehead atoms. The van der Waals surface area contributed by atoms with Crippen LogP contribution in [0.15, 0.2) is 30.3 Å². The predicted molar refractivity (Wildman–Crippen MR) is 128 cm³/mol. The average Bonchev–Trinajstić information content (AvgIpc) is 3.34. The molecule has 3 saturated heterocycles. The third-order valence-electron chi connectivity index (χ3n) is 8.41. The van der Waals surface area contributed by atoms with Gasteiger partial charge in [0.05, 0.1) is 0 Å². The Hall–Kier alpha value is -1.96. The van der Waals surface area contributed by atoms with Gasteiger partial charge >= 0.3 is 0 Å². The van der Waals surface area contributed by atoms with Gasteiger partial charge in [-0.3, -0.25) is 15.0 Å². The van der Waals surface area contributed by atoms with Crippen LogP contribution < -0.4 is 10.7 Å². The number of amides is 2. The molecule has 0 radical (unpaired) electrons. The zero-order valence-corrected chi connectivity index (χ0v) is 19.9. The summed E-state index contributed by atoms with van der Waals surface area (Å²) >= 11 is 0. The highest BCUT2D eigenvalue weighted by Crippen LogP contribution is 2.38. The van der Waals surface area contributed by atoms with Gasteiger partial charge in [-0.2, -0.15) is 0 Å². The van der Waals surface area contributed by atoms with Crippen molar-refractivity contribution in [2.45, 2.75) is 69.6 Å². The Labute approximate surface area is 197 Å². The number of piperazine rings is 1. The van der Waals surface area contributed by atoms with Gasteiger partial charge in [-0.15, -0.1) is 0 Å². The van der Waals surface area contributed by atoms with Gasteiger partial charge in [-0.05, 0) is 76.6 Å². The molecule has 33 heavy (non-hydrogen) atoms. The fraction of sp³-hybridized carbons (Fsp3) is 0.692. The van der Waals surface area contributed by atoms with Gasteiger partial charge in [0.2, 0.25) is 11.8 Å². The van der Waals surface area contributed by atoms with Crippen LogP contribution in [-0.4, -0.2) is 78.0 Å². The van der Waals surface area contributed by atoms with E-state index in [0.717, 1.165) is 56.7 Å². The van der Waals surface area contributed by atoms with E-state index in [-0.39, 0.29) is 29.8 Å². The average molecular weight is 454 g/mol. The highest BCUT2D eigenvalue weighted by atomic mass is 16.2. The molecule has 2 amide bonds. The van der Waals surface area contributed by atoms with E-state index in [2.05, 4.69) is 44.7 Å². The van der Waals surface area contributed by atoms with Crippen molar-refractivity contribution < 1.29 is 9.59 Å². The smallest absolute Gasteiger partial charge is 0.242 e. The molecular formula is C26H39N5O2. The fourth-order valence-corrected chi connectivity index (χ4v) is 6.42. The summed E-state index contributed by atoms with van der Waals surface area (Å²) in [4.78, 5) is 31.0. The number of benzene rings is 1. The Bertz CT molecular complexity index is 825. The van der Waals surface area contributed by atoms with Crippen molar-refractivity contribution in [1.82, 2.24) is 25.6 Å². The molecule has 2 N–H and O–H groups in total. The van der Waals surface area contributed by atoms with Crippen LogP contribution in [0.1, 0.15) is 50.5 Å². The first-order chi connectivity index (χ1) is 16.1. The predicted octanol–water partition coefficient (Wildman–Crippen LogP) is 1.99. The Morgan fingerprint density at radius 2 is 1.85 bits per heavy atom. The molecule has 0 spiro atoms. The number of nitrogens with zero attached hydrogens (tertiary/aromatic N) is 3. The second kappa shape index (κ2) is 10.1. The van der Waals surface area contributed by atoms with Gasteiger partial charge in [0.1, 0.15) is 6.04 Å². The molecule has 7 nitrogen and oxygen atoms in total. The summed E-state index contributed by atoms with van der Waals surface area (Å²) in [6.45, 7) is 4.61. The number of piperidine rings is 1. The van der Waals surface area contributed by atoms with Gasteiger partial charge < -0.3 is 15.1 Å². The molecule has 1 aromatic carbocycles. The first-order valence-corrected chi connectivity index (χ1v) is 12.9. The number of hydrazine groups is 1. The zero-order valence-electron chi connectivity index (χ0n) is 19.9. The van der Waals surface area contributed by atoms with E-state index in [1.165, 1.54) is 25.9 Å². The number of hydrogen-bond donors (Lipinski definition) is 2. The van der Waals surface area contributed by atoms with Crippen LogP contribution in [-0.2, 0) is 16.1 Å². The molecule has 4 unspecified atom stereocenters. The number of rotatable bonds is 6. The minimum atomic E-state index is -0.0603. The molecule has 3 heterocycles. The van der Waals surface area contributed by atoms with Crippen LogP contribution in [0.3, 0.4) is 0 Å². The lowest BCUT2D eigenvalue weighted by Crippen LogP contribution is -2.68. The third-order valence-corrected chi connectivity index (χ3v) is 8.41. The molecule has 5 rings (SSSR count). The van der Waals surface area contributed by atoms with Crippen LogP contribution in [0.2, 0.25) is 0 Å². The zero-order chi connectivity index (χ0) is 22.8. The normalized spacial score (nSPS) is 31.3. The first kappa shape index (κ1) is 22.8. The molecular weight excluding hydrogens is 414 g/mol. The van der Waals surface area contributed by atoms with Crippen molar-refractivity contribution in [3.05, 3.63) is 35.9 Å². The highest BCUT2D eigenvalue weighted by Gasteiger charge is 2.51. The maximum atomic E-state index is 13.5. The summed E-state index contributed by atoms with van der Waals surface area (Å²) in [5.41, 5.74) is 4.63. The van der Waals surface area contributed by atoms with Gasteiger partial charge in [0, 0.05) is 37.6 Å². The number of carbonyl (C=O) groups is 2. The van der Waals surface area contributed by atoms with Crippen LogP contribution in [0, 0.1) is 11.8 Å². The van der Waals surface area contributed by atoms with Gasteiger partial charge in [-0.25, -0.2) is 5.01 Å². The van der Waals surface area contributed by atoms with Crippen molar-refractivity contribution in [1.29, 1.82) is 0 Å². The molecule has 0 aromatic heterocycles. The van der Waals surface area contributed by atoms with Crippen LogP contribution in [0.4, 0.5) is 0 Å². The molecule has 4 atom stereocenters. The van der Waals surface area contributed by atoms with Crippen LogP contribution in [0.25, 0.3) is 0 Å². The molecule has 1 aliphatic carbocycles. The minimum absolute atomic E-state index is 0.00559. The number of likely N-dealkylation sites (tertiary alicyclic amines) is 1. The Morgan fingerprint density at radius 1 is 1.06 bits per heavy atom. The minimum Gasteiger partial charge on any atom is -0.356 e. The highest BCUT2D eigenvalue weighted by molar-refractivity contribution is 5.84. The maximum absolute atomic E-state index is 13.5. The third kappa shape index (κ3) is 4.96. The Morgan fingerprint density at radius 3 is 2.64 bits per heavy atom. The number of fused-ring (bicyclic) bond motifs is 3. The monoisotopic (exact) mass is 453 g/mol. The summed E-state index contributed by atoms with van der Waals surface area (Å²) in [6.07, 6.45) is 7.04. The van der Waals surface area contributed by atoms with Crippen molar-refractivity contribution in [2.75, 3.05) is 33.2 Å². The lowest BCUT2D eigenvalue weighted by molar-refractivity contribution is -0.157. The van der Waals surface area contributed by atoms with Crippen molar-refractivity contribution in [3.8, 4) is 0 Å². The van der Waals surface area contributed by atoms with Gasteiger partial charge in [0.15, 0.2) is 0 Å². The van der Waals surface area contributed by atoms with Crippen LogP contribution in [0.5, 0.6) is 0 Å². The number of hydrogen-bond acceptors (Lipinski definition) is 5. The molecule has 1 saturated carbocycles. The second-order valence-electron chi connectivity index (χ2n) is 10.5. The summed E-state index contributed by atoms with van der Waals surface area (Å²) in [6, 6.07) is 10.6. The van der Waals surface area contributed by atoms with E-state index in [9.17, 15) is 9.59 Å².